The standard InChI is InChI=1S/C15H19N3O4/c1-9-8-10(14(20)22-2)5-6-11(9)17-15(21)18-12-4-3-7-16-13(12)19/h5-6,8,12H,3-4,7H2,1-2H3,(H,16,19)(H2,17,18,21)/t12-/m0/s1. The number of hydrogen-bond donors (Lipinski definition) is 3. The Morgan fingerprint density at radius 3 is 2.77 bits per heavy atom. The molecule has 0 spiro atoms. The molecule has 3 N–H and O–H groups in total. The predicted octanol–water partition coefficient (Wildman–Crippen LogP) is 1.18. The molecule has 0 saturated carbocycles. The Balaban J connectivity index is 1.99. The van der Waals surface area contributed by atoms with Gasteiger partial charge < -0.3 is 20.7 Å². The van der Waals surface area contributed by atoms with Crippen LogP contribution in [0.1, 0.15) is 28.8 Å². The average molecular weight is 305 g/mol. The van der Waals surface area contributed by atoms with Gasteiger partial charge in [-0.05, 0) is 43.5 Å². The van der Waals surface area contributed by atoms with Crippen molar-refractivity contribution in [1.82, 2.24) is 10.6 Å². The molecule has 7 nitrogen and oxygen atoms in total. The first kappa shape index (κ1) is 15.8. The number of ether oxygens (including phenoxy) is 1. The van der Waals surface area contributed by atoms with Crippen LogP contribution < -0.4 is 16.0 Å². The first-order chi connectivity index (χ1) is 10.5. The number of nitrogens with one attached hydrogen (secondary N) is 3. The second-order valence-corrected chi connectivity index (χ2v) is 5.11. The normalized spacial score (nSPS) is 17.4. The summed E-state index contributed by atoms with van der Waals surface area (Å²) in [6.07, 6.45) is 1.46. The van der Waals surface area contributed by atoms with Gasteiger partial charge in [-0.3, -0.25) is 4.79 Å². The second kappa shape index (κ2) is 6.93. The molecule has 118 valence electrons. The van der Waals surface area contributed by atoms with Crippen molar-refractivity contribution in [2.75, 3.05) is 19.0 Å². The number of hydrogen-bond acceptors (Lipinski definition) is 4. The zero-order valence-electron chi connectivity index (χ0n) is 12.6. The van der Waals surface area contributed by atoms with Gasteiger partial charge in [-0.15, -0.1) is 0 Å². The van der Waals surface area contributed by atoms with E-state index in [2.05, 4.69) is 20.7 Å². The maximum absolute atomic E-state index is 12.0. The molecule has 0 aliphatic carbocycles. The van der Waals surface area contributed by atoms with E-state index in [1.165, 1.54) is 7.11 Å². The fourth-order valence-electron chi connectivity index (χ4n) is 2.28. The van der Waals surface area contributed by atoms with Crippen molar-refractivity contribution in [3.05, 3.63) is 29.3 Å². The fraction of sp³-hybridized carbons (Fsp3) is 0.400. The summed E-state index contributed by atoms with van der Waals surface area (Å²) < 4.78 is 4.64. The summed E-state index contributed by atoms with van der Waals surface area (Å²) in [6, 6.07) is 3.87. The van der Waals surface area contributed by atoms with E-state index in [4.69, 9.17) is 0 Å². The van der Waals surface area contributed by atoms with Crippen molar-refractivity contribution >= 4 is 23.6 Å². The van der Waals surface area contributed by atoms with Crippen molar-refractivity contribution in [2.24, 2.45) is 0 Å². The van der Waals surface area contributed by atoms with Crippen LogP contribution in [0.2, 0.25) is 0 Å². The third-order valence-corrected chi connectivity index (χ3v) is 3.49. The zero-order chi connectivity index (χ0) is 16.1. The highest BCUT2D eigenvalue weighted by Gasteiger charge is 2.23. The van der Waals surface area contributed by atoms with Gasteiger partial charge in [0.1, 0.15) is 6.04 Å². The van der Waals surface area contributed by atoms with Crippen LogP contribution in [0.3, 0.4) is 0 Å². The van der Waals surface area contributed by atoms with Gasteiger partial charge in [0, 0.05) is 12.2 Å². The summed E-state index contributed by atoms with van der Waals surface area (Å²) in [5.74, 6) is -0.600. The average Bonchev–Trinajstić information content (AvgIpc) is 2.50. The first-order valence-corrected chi connectivity index (χ1v) is 7.05. The number of rotatable bonds is 3. The van der Waals surface area contributed by atoms with Gasteiger partial charge in [-0.1, -0.05) is 0 Å². The molecule has 22 heavy (non-hydrogen) atoms. The van der Waals surface area contributed by atoms with E-state index in [0.29, 0.717) is 24.2 Å². The Morgan fingerprint density at radius 2 is 2.14 bits per heavy atom. The van der Waals surface area contributed by atoms with Crippen molar-refractivity contribution in [3.8, 4) is 0 Å². The molecule has 0 unspecified atom stereocenters. The Hall–Kier alpha value is -2.57. The molecule has 1 aliphatic heterocycles. The Kier molecular flexibility index (Phi) is 4.98. The number of piperidine rings is 1. The first-order valence-electron chi connectivity index (χ1n) is 7.05. The van der Waals surface area contributed by atoms with Crippen molar-refractivity contribution in [3.63, 3.8) is 0 Å². The number of aryl methyl sites for hydroxylation is 1. The summed E-state index contributed by atoms with van der Waals surface area (Å²) in [5.41, 5.74) is 1.71. The van der Waals surface area contributed by atoms with Crippen molar-refractivity contribution < 1.29 is 19.1 Å². The zero-order valence-corrected chi connectivity index (χ0v) is 12.6. The molecule has 1 saturated heterocycles. The van der Waals surface area contributed by atoms with Crippen molar-refractivity contribution in [1.29, 1.82) is 0 Å². The number of methoxy groups -OCH3 is 1. The van der Waals surface area contributed by atoms with Crippen LogP contribution in [0.5, 0.6) is 0 Å². The maximum Gasteiger partial charge on any atom is 0.337 e. The Labute approximate surface area is 128 Å². The van der Waals surface area contributed by atoms with E-state index in [1.807, 2.05) is 0 Å². The van der Waals surface area contributed by atoms with Crippen molar-refractivity contribution in [2.45, 2.75) is 25.8 Å². The molecule has 0 bridgehead atoms. The number of amides is 3. The summed E-state index contributed by atoms with van der Waals surface area (Å²) >= 11 is 0. The van der Waals surface area contributed by atoms with E-state index in [9.17, 15) is 14.4 Å². The topological polar surface area (TPSA) is 96.5 Å². The van der Waals surface area contributed by atoms with Crippen LogP contribution >= 0.6 is 0 Å². The largest absolute Gasteiger partial charge is 0.465 e. The van der Waals surface area contributed by atoms with E-state index in [1.54, 1.807) is 25.1 Å². The molecule has 1 aliphatic rings. The van der Waals surface area contributed by atoms with Crippen LogP contribution in [0.4, 0.5) is 10.5 Å². The van der Waals surface area contributed by atoms with Crippen LogP contribution in [-0.4, -0.2) is 37.6 Å². The van der Waals surface area contributed by atoms with Gasteiger partial charge in [-0.2, -0.15) is 0 Å². The minimum atomic E-state index is -0.511. The number of esters is 1. The van der Waals surface area contributed by atoms with E-state index >= 15 is 0 Å². The SMILES string of the molecule is COC(=O)c1ccc(NC(=O)N[C@H]2CCCNC2=O)c(C)c1. The third kappa shape index (κ3) is 3.75. The quantitative estimate of drug-likeness (QED) is 0.731. The molecular weight excluding hydrogens is 286 g/mol. The van der Waals surface area contributed by atoms with Gasteiger partial charge >= 0.3 is 12.0 Å². The highest BCUT2D eigenvalue weighted by atomic mass is 16.5. The van der Waals surface area contributed by atoms with E-state index in [-0.39, 0.29) is 5.91 Å². The molecule has 0 aromatic heterocycles. The molecular formula is C15H19N3O4. The Morgan fingerprint density at radius 1 is 1.36 bits per heavy atom. The third-order valence-electron chi connectivity index (χ3n) is 3.49. The summed E-state index contributed by atoms with van der Waals surface area (Å²) in [6.45, 7) is 2.42. The van der Waals surface area contributed by atoms with Crippen LogP contribution in [0.15, 0.2) is 18.2 Å². The highest BCUT2D eigenvalue weighted by molar-refractivity contribution is 5.95. The lowest BCUT2D eigenvalue weighted by Gasteiger charge is -2.23. The molecule has 1 heterocycles. The second-order valence-electron chi connectivity index (χ2n) is 5.11. The molecule has 1 aromatic carbocycles. The van der Waals surface area contributed by atoms with Gasteiger partial charge in [-0.25, -0.2) is 9.59 Å². The van der Waals surface area contributed by atoms with Crippen LogP contribution in [-0.2, 0) is 9.53 Å². The Bertz CT molecular complexity index is 600. The van der Waals surface area contributed by atoms with Gasteiger partial charge in [0.15, 0.2) is 0 Å². The van der Waals surface area contributed by atoms with Gasteiger partial charge in [0.25, 0.3) is 0 Å². The van der Waals surface area contributed by atoms with Gasteiger partial charge in [0.05, 0.1) is 12.7 Å². The lowest BCUT2D eigenvalue weighted by atomic mass is 10.1. The van der Waals surface area contributed by atoms with Crippen LogP contribution in [0.25, 0.3) is 0 Å². The maximum atomic E-state index is 12.0. The number of urea groups is 1. The highest BCUT2D eigenvalue weighted by Crippen LogP contribution is 2.17. The summed E-state index contributed by atoms with van der Waals surface area (Å²) in [5, 5.41) is 8.03. The number of carbonyl (C=O) groups is 3. The number of benzene rings is 1. The molecule has 0 radical (unpaired) electrons. The smallest absolute Gasteiger partial charge is 0.337 e. The van der Waals surface area contributed by atoms with E-state index < -0.39 is 18.0 Å². The summed E-state index contributed by atoms with van der Waals surface area (Å²) in [4.78, 5) is 35.0. The summed E-state index contributed by atoms with van der Waals surface area (Å²) in [7, 11) is 1.31. The van der Waals surface area contributed by atoms with Crippen LogP contribution in [0, 0.1) is 6.92 Å². The minimum absolute atomic E-state index is 0.167. The lowest BCUT2D eigenvalue weighted by molar-refractivity contribution is -0.124. The molecule has 1 atom stereocenters. The molecule has 1 aromatic rings. The fourth-order valence-corrected chi connectivity index (χ4v) is 2.28. The minimum Gasteiger partial charge on any atom is -0.465 e. The predicted molar refractivity (Wildman–Crippen MR) is 80.7 cm³/mol. The molecule has 1 fully saturated rings. The molecule has 3 amide bonds. The van der Waals surface area contributed by atoms with E-state index in [0.717, 1.165) is 12.0 Å². The lowest BCUT2D eigenvalue weighted by Crippen LogP contribution is -2.51. The monoisotopic (exact) mass is 305 g/mol. The number of carbonyl (C=O) groups excluding carboxylic acids is 3. The number of anilines is 1. The van der Waals surface area contributed by atoms with Gasteiger partial charge in [0.2, 0.25) is 5.91 Å². The molecule has 7 heteroatoms. The molecule has 2 rings (SSSR count).